The van der Waals surface area contributed by atoms with E-state index in [0.717, 1.165) is 11.1 Å². The third-order valence-electron chi connectivity index (χ3n) is 3.52. The van der Waals surface area contributed by atoms with Crippen molar-refractivity contribution in [1.29, 1.82) is 0 Å². The maximum atomic E-state index is 11.8. The van der Waals surface area contributed by atoms with Crippen LogP contribution in [0.25, 0.3) is 6.08 Å². The van der Waals surface area contributed by atoms with Crippen LogP contribution in [0.15, 0.2) is 45.8 Å². The average Bonchev–Trinajstić information content (AvgIpc) is 2.92. The Hall–Kier alpha value is -1.54. The lowest BCUT2D eigenvalue weighted by Gasteiger charge is -2.14. The summed E-state index contributed by atoms with van der Waals surface area (Å²) in [5.41, 5.74) is 1.67. The van der Waals surface area contributed by atoms with E-state index in [2.05, 4.69) is 21.2 Å². The van der Waals surface area contributed by atoms with Gasteiger partial charge in [0.1, 0.15) is 10.9 Å². The van der Waals surface area contributed by atoms with Gasteiger partial charge in [0.2, 0.25) is 0 Å². The Morgan fingerprint density at radius 3 is 2.77 bits per heavy atom. The van der Waals surface area contributed by atoms with Gasteiger partial charge in [-0.25, -0.2) is 0 Å². The summed E-state index contributed by atoms with van der Waals surface area (Å²) in [6, 6.07) is 11.1. The van der Waals surface area contributed by atoms with Gasteiger partial charge in [-0.15, -0.1) is 0 Å². The zero-order valence-electron chi connectivity index (χ0n) is 13.5. The molecule has 3 rings (SSSR count). The molecule has 4 nitrogen and oxygen atoms in total. The standard InChI is InChI=1S/C18H13BrClNO3S2/c1-23-14-7-10(8-15-17(22)21-18(25)26-15)6-12(19)16(14)24-9-11-4-2-3-5-13(11)20/h2-8H,9H2,1H3,(H,21,22,25)/b15-8+. The number of methoxy groups -OCH3 is 1. The van der Waals surface area contributed by atoms with Gasteiger partial charge in [-0.1, -0.05) is 53.8 Å². The number of thiocarbonyl (C=S) groups is 1. The van der Waals surface area contributed by atoms with Crippen LogP contribution in [0.3, 0.4) is 0 Å². The molecule has 1 fully saturated rings. The Kier molecular flexibility index (Phi) is 6.24. The van der Waals surface area contributed by atoms with Crippen molar-refractivity contribution in [2.45, 2.75) is 6.61 Å². The molecule has 1 saturated heterocycles. The number of hydrogen-bond acceptors (Lipinski definition) is 5. The van der Waals surface area contributed by atoms with E-state index in [0.29, 0.717) is 36.8 Å². The molecule has 2 aromatic rings. The highest BCUT2D eigenvalue weighted by atomic mass is 79.9. The maximum absolute atomic E-state index is 11.8. The summed E-state index contributed by atoms with van der Waals surface area (Å²) in [7, 11) is 1.56. The van der Waals surface area contributed by atoms with E-state index in [1.54, 1.807) is 19.3 Å². The summed E-state index contributed by atoms with van der Waals surface area (Å²) in [6.45, 7) is 0.307. The molecule has 1 heterocycles. The van der Waals surface area contributed by atoms with E-state index < -0.39 is 0 Å². The third-order valence-corrected chi connectivity index (χ3v) is 5.64. The fraction of sp³-hybridized carbons (Fsp3) is 0.111. The lowest BCUT2D eigenvalue weighted by molar-refractivity contribution is -0.115. The molecule has 1 amide bonds. The second-order valence-corrected chi connectivity index (χ2v) is 8.25. The molecule has 1 aliphatic rings. The topological polar surface area (TPSA) is 47.6 Å². The predicted molar refractivity (Wildman–Crippen MR) is 113 cm³/mol. The normalized spacial score (nSPS) is 15.3. The molecule has 0 unspecified atom stereocenters. The van der Waals surface area contributed by atoms with Crippen molar-refractivity contribution in [1.82, 2.24) is 5.32 Å². The molecule has 2 aromatic carbocycles. The summed E-state index contributed by atoms with van der Waals surface area (Å²) < 4.78 is 12.5. The van der Waals surface area contributed by atoms with Gasteiger partial charge in [0, 0.05) is 10.6 Å². The minimum Gasteiger partial charge on any atom is -0.493 e. The van der Waals surface area contributed by atoms with E-state index in [4.69, 9.17) is 33.3 Å². The van der Waals surface area contributed by atoms with Gasteiger partial charge in [-0.3, -0.25) is 4.79 Å². The van der Waals surface area contributed by atoms with Gasteiger partial charge in [0.05, 0.1) is 16.5 Å². The van der Waals surface area contributed by atoms with Gasteiger partial charge in [-0.2, -0.15) is 0 Å². The molecule has 0 bridgehead atoms. The van der Waals surface area contributed by atoms with Crippen molar-refractivity contribution in [3.8, 4) is 11.5 Å². The van der Waals surface area contributed by atoms with Crippen molar-refractivity contribution in [2.75, 3.05) is 7.11 Å². The van der Waals surface area contributed by atoms with Crippen LogP contribution >= 0.6 is 51.5 Å². The molecular formula is C18H13BrClNO3S2. The van der Waals surface area contributed by atoms with Gasteiger partial charge in [0.25, 0.3) is 5.91 Å². The number of benzene rings is 2. The first-order valence-electron chi connectivity index (χ1n) is 7.46. The zero-order chi connectivity index (χ0) is 18.7. The summed E-state index contributed by atoms with van der Waals surface area (Å²) in [5.74, 6) is 0.909. The lowest BCUT2D eigenvalue weighted by atomic mass is 10.2. The fourth-order valence-electron chi connectivity index (χ4n) is 2.30. The summed E-state index contributed by atoms with van der Waals surface area (Å²) >= 11 is 15.9. The van der Waals surface area contributed by atoms with Crippen LogP contribution in [-0.2, 0) is 11.4 Å². The van der Waals surface area contributed by atoms with Crippen molar-refractivity contribution in [2.24, 2.45) is 0 Å². The summed E-state index contributed by atoms with van der Waals surface area (Å²) in [6.07, 6.45) is 1.75. The molecular weight excluding hydrogens is 458 g/mol. The Labute approximate surface area is 174 Å². The monoisotopic (exact) mass is 469 g/mol. The second-order valence-electron chi connectivity index (χ2n) is 5.27. The van der Waals surface area contributed by atoms with E-state index >= 15 is 0 Å². The quantitative estimate of drug-likeness (QED) is 0.482. The molecule has 1 aliphatic heterocycles. The van der Waals surface area contributed by atoms with Crippen molar-refractivity contribution in [3.63, 3.8) is 0 Å². The van der Waals surface area contributed by atoms with Crippen LogP contribution in [-0.4, -0.2) is 17.3 Å². The predicted octanol–water partition coefficient (Wildman–Crippen LogP) is 5.18. The van der Waals surface area contributed by atoms with E-state index in [1.807, 2.05) is 30.3 Å². The van der Waals surface area contributed by atoms with Crippen LogP contribution in [0.2, 0.25) is 5.02 Å². The van der Waals surface area contributed by atoms with E-state index in [9.17, 15) is 4.79 Å². The van der Waals surface area contributed by atoms with Gasteiger partial charge in [0.15, 0.2) is 11.5 Å². The molecule has 0 atom stereocenters. The maximum Gasteiger partial charge on any atom is 0.263 e. The Morgan fingerprint density at radius 2 is 2.12 bits per heavy atom. The number of carbonyl (C=O) groups is 1. The van der Waals surface area contributed by atoms with Crippen molar-refractivity contribution < 1.29 is 14.3 Å². The minimum absolute atomic E-state index is 0.200. The molecule has 8 heteroatoms. The summed E-state index contributed by atoms with van der Waals surface area (Å²) in [5, 5.41) is 3.24. The zero-order valence-corrected chi connectivity index (χ0v) is 17.5. The third kappa shape index (κ3) is 4.40. The fourth-order valence-corrected chi connectivity index (χ4v) is 4.11. The number of rotatable bonds is 5. The van der Waals surface area contributed by atoms with Gasteiger partial charge < -0.3 is 14.8 Å². The van der Waals surface area contributed by atoms with Crippen molar-refractivity contribution in [3.05, 3.63) is 61.9 Å². The average molecular weight is 471 g/mol. The van der Waals surface area contributed by atoms with Gasteiger partial charge in [-0.05, 0) is 45.8 Å². The van der Waals surface area contributed by atoms with Crippen molar-refractivity contribution >= 4 is 67.8 Å². The van der Waals surface area contributed by atoms with Crippen LogP contribution in [0.1, 0.15) is 11.1 Å². The molecule has 134 valence electrons. The van der Waals surface area contributed by atoms with E-state index in [1.165, 1.54) is 11.8 Å². The first-order valence-corrected chi connectivity index (χ1v) is 9.86. The SMILES string of the molecule is COc1cc(/C=C2/SC(=S)NC2=O)cc(Br)c1OCc1ccccc1Cl. The molecule has 0 radical (unpaired) electrons. The first kappa shape index (κ1) is 19.2. The highest BCUT2D eigenvalue weighted by Gasteiger charge is 2.22. The van der Waals surface area contributed by atoms with Crippen LogP contribution in [0.5, 0.6) is 11.5 Å². The van der Waals surface area contributed by atoms with Crippen LogP contribution < -0.4 is 14.8 Å². The van der Waals surface area contributed by atoms with Crippen LogP contribution in [0.4, 0.5) is 0 Å². The molecule has 0 aromatic heterocycles. The largest absolute Gasteiger partial charge is 0.493 e. The highest BCUT2D eigenvalue weighted by molar-refractivity contribution is 9.10. The number of amides is 1. The Bertz CT molecular complexity index is 917. The molecule has 0 saturated carbocycles. The van der Waals surface area contributed by atoms with E-state index in [-0.39, 0.29) is 5.91 Å². The number of ether oxygens (including phenoxy) is 2. The molecule has 0 spiro atoms. The minimum atomic E-state index is -0.200. The number of hydrogen-bond donors (Lipinski definition) is 1. The number of carbonyl (C=O) groups excluding carboxylic acids is 1. The Balaban J connectivity index is 1.86. The molecule has 26 heavy (non-hydrogen) atoms. The van der Waals surface area contributed by atoms with Crippen LogP contribution in [0, 0.1) is 0 Å². The Morgan fingerprint density at radius 1 is 1.35 bits per heavy atom. The number of halogens is 2. The molecule has 1 N–H and O–H groups in total. The summed E-state index contributed by atoms with van der Waals surface area (Å²) in [4.78, 5) is 12.4. The lowest BCUT2D eigenvalue weighted by Crippen LogP contribution is -2.17. The number of thioether (sulfide) groups is 1. The number of nitrogens with one attached hydrogen (secondary N) is 1. The smallest absolute Gasteiger partial charge is 0.263 e. The second kappa shape index (κ2) is 8.43. The van der Waals surface area contributed by atoms with Gasteiger partial charge >= 0.3 is 0 Å². The highest BCUT2D eigenvalue weighted by Crippen LogP contribution is 2.39. The first-order chi connectivity index (χ1) is 12.5. The molecule has 0 aliphatic carbocycles.